The minimum Gasteiger partial charge on any atom is -0.457 e. The van der Waals surface area contributed by atoms with Gasteiger partial charge in [-0.05, 0) is 98.0 Å². The largest absolute Gasteiger partial charge is 0.457 e. The molecule has 0 spiro atoms. The van der Waals surface area contributed by atoms with Crippen molar-refractivity contribution in [3.05, 3.63) is 119 Å². The lowest BCUT2D eigenvalue weighted by Crippen LogP contribution is -2.24. The van der Waals surface area contributed by atoms with Crippen molar-refractivity contribution in [2.45, 2.75) is 105 Å². The summed E-state index contributed by atoms with van der Waals surface area (Å²) < 4.78 is 11.3. The highest BCUT2D eigenvalue weighted by Crippen LogP contribution is 2.45. The molecular formula is C45H52N4O. The first kappa shape index (κ1) is 33.8. The van der Waals surface area contributed by atoms with E-state index in [9.17, 15) is 0 Å². The highest BCUT2D eigenvalue weighted by Gasteiger charge is 2.35. The van der Waals surface area contributed by atoms with Gasteiger partial charge in [-0.3, -0.25) is 4.57 Å². The molecule has 3 heterocycles. The summed E-state index contributed by atoms with van der Waals surface area (Å²) >= 11 is 0. The lowest BCUT2D eigenvalue weighted by molar-refractivity contribution is 0.437. The maximum absolute atomic E-state index is 6.85. The van der Waals surface area contributed by atoms with Crippen LogP contribution < -0.4 is 4.74 Å². The predicted octanol–water partition coefficient (Wildman–Crippen LogP) is 12.1. The average Bonchev–Trinajstić information content (AvgIpc) is 3.59. The molecule has 1 aliphatic carbocycles. The van der Waals surface area contributed by atoms with Crippen molar-refractivity contribution in [3.8, 4) is 23.0 Å². The number of aromatic nitrogens is 4. The van der Waals surface area contributed by atoms with Crippen molar-refractivity contribution in [1.29, 1.82) is 0 Å². The minimum absolute atomic E-state index is 0.0927. The van der Waals surface area contributed by atoms with Gasteiger partial charge in [0.1, 0.15) is 17.3 Å². The smallest absolute Gasteiger partial charge is 0.137 e. The second-order valence-corrected chi connectivity index (χ2v) is 16.5. The van der Waals surface area contributed by atoms with E-state index in [1.807, 2.05) is 6.20 Å². The van der Waals surface area contributed by atoms with E-state index in [1.165, 1.54) is 45.2 Å². The number of para-hydroxylation sites is 1. The Bertz CT molecular complexity index is 2250. The molecule has 0 radical (unpaired) electrons. The Kier molecular flexibility index (Phi) is 8.53. The molecule has 5 heteroatoms. The zero-order chi connectivity index (χ0) is 35.5. The Balaban J connectivity index is 1.38. The Morgan fingerprint density at radius 3 is 2.30 bits per heavy atom. The van der Waals surface area contributed by atoms with Crippen LogP contribution in [0.1, 0.15) is 109 Å². The zero-order valence-electron chi connectivity index (χ0n) is 31.6. The summed E-state index contributed by atoms with van der Waals surface area (Å²) in [7, 11) is 0. The predicted molar refractivity (Wildman–Crippen MR) is 209 cm³/mol. The third-order valence-corrected chi connectivity index (χ3v) is 10.6. The van der Waals surface area contributed by atoms with Crippen molar-refractivity contribution in [1.82, 2.24) is 19.3 Å². The van der Waals surface area contributed by atoms with Crippen LogP contribution in [0.25, 0.3) is 33.3 Å². The van der Waals surface area contributed by atoms with Gasteiger partial charge in [-0.2, -0.15) is 5.10 Å². The number of nitrogens with zero attached hydrogens (tertiary/aromatic N) is 4. The van der Waals surface area contributed by atoms with Crippen LogP contribution in [0, 0.1) is 12.8 Å². The molecule has 3 aromatic heterocycles. The fraction of sp³-hybridized carbons (Fsp3) is 0.378. The van der Waals surface area contributed by atoms with Crippen LogP contribution in [0.3, 0.4) is 0 Å². The van der Waals surface area contributed by atoms with Gasteiger partial charge in [-0.1, -0.05) is 85.2 Å². The summed E-state index contributed by atoms with van der Waals surface area (Å²) in [4.78, 5) is 4.82. The van der Waals surface area contributed by atoms with E-state index >= 15 is 0 Å². The van der Waals surface area contributed by atoms with Gasteiger partial charge in [0, 0.05) is 46.0 Å². The minimum atomic E-state index is -0.117. The maximum Gasteiger partial charge on any atom is 0.137 e. The molecular weight excluding hydrogens is 613 g/mol. The fourth-order valence-corrected chi connectivity index (χ4v) is 8.05. The van der Waals surface area contributed by atoms with Crippen molar-refractivity contribution in [3.63, 3.8) is 0 Å². The van der Waals surface area contributed by atoms with Crippen molar-refractivity contribution < 1.29 is 4.74 Å². The molecule has 0 bridgehead atoms. The van der Waals surface area contributed by atoms with E-state index in [-0.39, 0.29) is 10.8 Å². The number of pyridine rings is 1. The molecule has 0 saturated carbocycles. The van der Waals surface area contributed by atoms with Crippen LogP contribution in [-0.4, -0.2) is 19.3 Å². The SMILES string of the molecule is CCc1ccnc(-n2c3ccccc3c3ccc(Oc4cc(-n5nc(C)c([C@H]6C(C)=CCCC6C)c5C(C)(C)C)cc(C(C)(C)C)c4)cc32)c1. The summed E-state index contributed by atoms with van der Waals surface area (Å²) in [6.45, 7) is 22.8. The average molecular weight is 665 g/mol. The number of hydrogen-bond acceptors (Lipinski definition) is 3. The lowest BCUT2D eigenvalue weighted by atomic mass is 9.72. The van der Waals surface area contributed by atoms with Gasteiger partial charge in [0.2, 0.25) is 0 Å². The van der Waals surface area contributed by atoms with Gasteiger partial charge in [-0.25, -0.2) is 9.67 Å². The molecule has 0 saturated heterocycles. The highest BCUT2D eigenvalue weighted by atomic mass is 16.5. The number of rotatable bonds is 6. The van der Waals surface area contributed by atoms with Crippen LogP contribution >= 0.6 is 0 Å². The fourth-order valence-electron chi connectivity index (χ4n) is 8.05. The van der Waals surface area contributed by atoms with Gasteiger partial charge in [0.25, 0.3) is 0 Å². The topological polar surface area (TPSA) is 44.9 Å². The lowest BCUT2D eigenvalue weighted by Gasteiger charge is -2.32. The Hall–Kier alpha value is -4.64. The maximum atomic E-state index is 6.85. The Morgan fingerprint density at radius 1 is 0.820 bits per heavy atom. The monoisotopic (exact) mass is 664 g/mol. The summed E-state index contributed by atoms with van der Waals surface area (Å²) in [6, 6.07) is 26.0. The van der Waals surface area contributed by atoms with E-state index in [0.717, 1.165) is 52.6 Å². The normalized spacial score (nSPS) is 17.0. The van der Waals surface area contributed by atoms with Gasteiger partial charge < -0.3 is 4.74 Å². The standard InChI is InChI=1S/C45H52N4O/c1-11-31-21-22-46-40(23-31)48-38-18-13-12-17-36(38)37-20-19-34(27-39(37)48)50-35-25-32(44(5,6)7)24-33(26-35)49-43(45(8,9)10)42(30(4)47-49)41-28(2)15-14-16-29(41)3/h12-13,15,17-27,29,41H,11,14,16H2,1-10H3/t29?,41-/m0/s1. The van der Waals surface area contributed by atoms with Crippen molar-refractivity contribution in [2.75, 3.05) is 0 Å². The van der Waals surface area contributed by atoms with Crippen LogP contribution in [0.5, 0.6) is 11.5 Å². The molecule has 0 N–H and O–H groups in total. The summed E-state index contributed by atoms with van der Waals surface area (Å²) in [5, 5.41) is 7.69. The Morgan fingerprint density at radius 2 is 1.58 bits per heavy atom. The van der Waals surface area contributed by atoms with Crippen LogP contribution in [0.2, 0.25) is 0 Å². The molecule has 1 aliphatic rings. The number of hydrogen-bond donors (Lipinski definition) is 0. The molecule has 5 nitrogen and oxygen atoms in total. The van der Waals surface area contributed by atoms with Crippen LogP contribution in [0.15, 0.2) is 90.6 Å². The van der Waals surface area contributed by atoms with E-state index in [1.54, 1.807) is 0 Å². The second kappa shape index (κ2) is 12.6. The first-order valence-electron chi connectivity index (χ1n) is 18.3. The Labute approximate surface area is 298 Å². The summed E-state index contributed by atoms with van der Waals surface area (Å²) in [5.41, 5.74) is 10.8. The molecule has 0 fully saturated rings. The third kappa shape index (κ3) is 6.05. The van der Waals surface area contributed by atoms with Gasteiger partial charge in [-0.15, -0.1) is 0 Å². The first-order chi connectivity index (χ1) is 23.7. The third-order valence-electron chi connectivity index (χ3n) is 10.6. The molecule has 6 aromatic rings. The quantitative estimate of drug-likeness (QED) is 0.166. The molecule has 3 aromatic carbocycles. The van der Waals surface area contributed by atoms with E-state index in [0.29, 0.717) is 11.8 Å². The zero-order valence-corrected chi connectivity index (χ0v) is 31.6. The molecule has 7 rings (SSSR count). The molecule has 258 valence electrons. The van der Waals surface area contributed by atoms with Gasteiger partial charge in [0.15, 0.2) is 0 Å². The van der Waals surface area contributed by atoms with E-state index in [4.69, 9.17) is 14.8 Å². The van der Waals surface area contributed by atoms with Gasteiger partial charge >= 0.3 is 0 Å². The highest BCUT2D eigenvalue weighted by molar-refractivity contribution is 6.09. The first-order valence-corrected chi connectivity index (χ1v) is 18.3. The second-order valence-electron chi connectivity index (χ2n) is 16.5. The van der Waals surface area contributed by atoms with Crippen LogP contribution in [0.4, 0.5) is 0 Å². The van der Waals surface area contributed by atoms with Crippen molar-refractivity contribution in [2.24, 2.45) is 5.92 Å². The number of fused-ring (bicyclic) bond motifs is 3. The van der Waals surface area contributed by atoms with Crippen LogP contribution in [-0.2, 0) is 17.3 Å². The van der Waals surface area contributed by atoms with Crippen molar-refractivity contribution >= 4 is 21.8 Å². The molecule has 1 unspecified atom stereocenters. The molecule has 2 atom stereocenters. The number of benzene rings is 3. The van der Waals surface area contributed by atoms with Gasteiger partial charge in [0.05, 0.1) is 28.1 Å². The molecule has 50 heavy (non-hydrogen) atoms. The number of allylic oxidation sites excluding steroid dienone is 2. The number of aryl methyl sites for hydroxylation is 2. The molecule has 0 amide bonds. The molecule has 0 aliphatic heterocycles. The number of ether oxygens (including phenoxy) is 1. The van der Waals surface area contributed by atoms with E-state index in [2.05, 4.69) is 157 Å². The van der Waals surface area contributed by atoms with E-state index < -0.39 is 0 Å². The summed E-state index contributed by atoms with van der Waals surface area (Å²) in [6.07, 6.45) is 7.67. The summed E-state index contributed by atoms with van der Waals surface area (Å²) in [5.74, 6) is 3.45.